The molecule has 4 rings (SSSR count). The zero-order valence-corrected chi connectivity index (χ0v) is 18.6. The Morgan fingerprint density at radius 2 is 0.968 bits per heavy atom. The molecule has 4 aromatic rings. The first-order valence-electron chi connectivity index (χ1n) is 10.4. The molecule has 0 fully saturated rings. The third-order valence-electron chi connectivity index (χ3n) is 5.84. The fourth-order valence-electron chi connectivity index (χ4n) is 4.01. The molecule has 4 aromatic carbocycles. The summed E-state index contributed by atoms with van der Waals surface area (Å²) in [6.07, 6.45) is 0. The van der Waals surface area contributed by atoms with Gasteiger partial charge >= 0.3 is 0 Å². The first-order valence-corrected chi connectivity index (χ1v) is 12.1. The van der Waals surface area contributed by atoms with Gasteiger partial charge in [0, 0.05) is 16.2 Å². The van der Waals surface area contributed by atoms with E-state index < -0.39 is 12.3 Å². The summed E-state index contributed by atoms with van der Waals surface area (Å²) >= 11 is 0. The number of carbonyl (C=O) groups is 1. The maximum Gasteiger partial charge on any atom is 0.176 e. The highest BCUT2D eigenvalue weighted by Gasteiger charge is 2.48. The van der Waals surface area contributed by atoms with Crippen LogP contribution in [-0.2, 0) is 4.57 Å². The smallest absolute Gasteiger partial charge is 0.176 e. The van der Waals surface area contributed by atoms with Crippen molar-refractivity contribution in [3.63, 3.8) is 0 Å². The summed E-state index contributed by atoms with van der Waals surface area (Å²) < 4.78 is 14.7. The first kappa shape index (κ1) is 21.0. The Bertz CT molecular complexity index is 1170. The van der Waals surface area contributed by atoms with Gasteiger partial charge in [0.25, 0.3) is 0 Å². The molecule has 0 saturated heterocycles. The van der Waals surface area contributed by atoms with E-state index in [2.05, 4.69) is 0 Å². The number of carbonyl (C=O) groups excluding carboxylic acids is 1. The highest BCUT2D eigenvalue weighted by molar-refractivity contribution is 7.80. The molecule has 0 heterocycles. The van der Waals surface area contributed by atoms with Gasteiger partial charge < -0.3 is 4.57 Å². The van der Waals surface area contributed by atoms with Crippen molar-refractivity contribution < 1.29 is 9.36 Å². The second kappa shape index (κ2) is 8.49. The van der Waals surface area contributed by atoms with Crippen molar-refractivity contribution in [1.29, 1.82) is 0 Å². The summed E-state index contributed by atoms with van der Waals surface area (Å²) in [6, 6.07) is 36.4. The minimum absolute atomic E-state index is 0.122. The van der Waals surface area contributed by atoms with E-state index in [1.54, 1.807) is 13.8 Å². The minimum Gasteiger partial charge on any atom is -0.313 e. The lowest BCUT2D eigenvalue weighted by Crippen LogP contribution is -2.40. The molecule has 0 spiro atoms. The Hall–Kier alpha value is -3.22. The van der Waals surface area contributed by atoms with E-state index in [0.717, 1.165) is 11.1 Å². The van der Waals surface area contributed by atoms with Crippen LogP contribution in [0.4, 0.5) is 0 Å². The number of benzene rings is 4. The number of Topliss-reactive ketones (excluding diaryl/α,β-unsaturated/α-hetero) is 1. The van der Waals surface area contributed by atoms with Crippen LogP contribution in [0.2, 0.25) is 0 Å². The minimum atomic E-state index is -3.27. The molecule has 0 bridgehead atoms. The van der Waals surface area contributed by atoms with E-state index >= 15 is 0 Å². The van der Waals surface area contributed by atoms with Crippen molar-refractivity contribution in [2.45, 2.75) is 19.0 Å². The van der Waals surface area contributed by atoms with E-state index in [-0.39, 0.29) is 5.78 Å². The lowest BCUT2D eigenvalue weighted by molar-refractivity contribution is 0.0953. The van der Waals surface area contributed by atoms with E-state index in [1.165, 1.54) is 0 Å². The fraction of sp³-hybridized carbons (Fsp3) is 0.107. The van der Waals surface area contributed by atoms with Crippen molar-refractivity contribution in [3.05, 3.63) is 121 Å². The molecule has 3 heteroatoms. The fourth-order valence-corrected chi connectivity index (χ4v) is 7.20. The van der Waals surface area contributed by atoms with Crippen LogP contribution in [0, 0.1) is 0 Å². The molecule has 0 aromatic heterocycles. The van der Waals surface area contributed by atoms with Gasteiger partial charge in [-0.1, -0.05) is 115 Å². The molecule has 31 heavy (non-hydrogen) atoms. The van der Waals surface area contributed by atoms with Crippen LogP contribution in [-0.4, -0.2) is 10.9 Å². The highest BCUT2D eigenvalue weighted by atomic mass is 31.2. The second-order valence-electron chi connectivity index (χ2n) is 8.11. The zero-order valence-electron chi connectivity index (χ0n) is 17.7. The molecular formula is C28H25O2P. The average Bonchev–Trinajstić information content (AvgIpc) is 2.84. The van der Waals surface area contributed by atoms with Crippen molar-refractivity contribution in [2.24, 2.45) is 0 Å². The Morgan fingerprint density at radius 3 is 1.42 bits per heavy atom. The monoisotopic (exact) mass is 424 g/mol. The van der Waals surface area contributed by atoms with Gasteiger partial charge in [0.05, 0.1) is 5.16 Å². The molecule has 0 atom stereocenters. The first-order chi connectivity index (χ1) is 14.9. The van der Waals surface area contributed by atoms with Gasteiger partial charge in [0.15, 0.2) is 12.9 Å². The van der Waals surface area contributed by atoms with Gasteiger partial charge in [-0.05, 0) is 25.0 Å². The predicted octanol–water partition coefficient (Wildman–Crippen LogP) is 6.33. The third kappa shape index (κ3) is 3.80. The van der Waals surface area contributed by atoms with E-state index in [9.17, 15) is 9.36 Å². The number of hydrogen-bond acceptors (Lipinski definition) is 2. The molecule has 2 nitrogen and oxygen atoms in total. The number of hydrogen-bond donors (Lipinski definition) is 0. The van der Waals surface area contributed by atoms with Gasteiger partial charge in [0.1, 0.15) is 0 Å². The molecular weight excluding hydrogens is 399 g/mol. The molecule has 154 valence electrons. The molecule has 0 amide bonds. The van der Waals surface area contributed by atoms with Gasteiger partial charge in [-0.25, -0.2) is 0 Å². The Labute approximate surface area is 184 Å². The normalized spacial score (nSPS) is 11.8. The van der Waals surface area contributed by atoms with Crippen molar-refractivity contribution in [1.82, 2.24) is 0 Å². The summed E-state index contributed by atoms with van der Waals surface area (Å²) in [6.45, 7) is 3.61. The topological polar surface area (TPSA) is 34.1 Å². The van der Waals surface area contributed by atoms with Crippen LogP contribution in [0.5, 0.6) is 0 Å². The second-order valence-corrected chi connectivity index (χ2v) is 11.5. The SMILES string of the molecule is CC(C)(C(=O)c1ccc(-c2ccccc2)cc1)P(=O)(c1ccccc1)c1ccccc1. The van der Waals surface area contributed by atoms with Gasteiger partial charge in [-0.3, -0.25) is 4.79 Å². The Kier molecular flexibility index (Phi) is 5.76. The van der Waals surface area contributed by atoms with Crippen molar-refractivity contribution >= 4 is 23.5 Å². The molecule has 0 unspecified atom stereocenters. The van der Waals surface area contributed by atoms with Gasteiger partial charge in [-0.15, -0.1) is 0 Å². The van der Waals surface area contributed by atoms with Crippen LogP contribution in [0.15, 0.2) is 115 Å². The zero-order chi connectivity index (χ0) is 21.9. The largest absolute Gasteiger partial charge is 0.313 e. The maximum atomic E-state index is 14.7. The maximum absolute atomic E-state index is 14.7. The van der Waals surface area contributed by atoms with Crippen LogP contribution in [0.3, 0.4) is 0 Å². The number of rotatable bonds is 6. The third-order valence-corrected chi connectivity index (χ3v) is 9.66. The summed E-state index contributed by atoms with van der Waals surface area (Å²) in [5, 5.41) is 0.283. The van der Waals surface area contributed by atoms with E-state index in [4.69, 9.17) is 0 Å². The highest BCUT2D eigenvalue weighted by Crippen LogP contribution is 2.57. The molecule has 0 aliphatic carbocycles. The van der Waals surface area contributed by atoms with E-state index in [1.807, 2.05) is 115 Å². The molecule has 0 N–H and O–H groups in total. The van der Waals surface area contributed by atoms with Crippen LogP contribution in [0.1, 0.15) is 24.2 Å². The molecule has 0 aliphatic rings. The lowest BCUT2D eigenvalue weighted by Gasteiger charge is -2.34. The quantitative estimate of drug-likeness (QED) is 0.268. The molecule has 0 aliphatic heterocycles. The van der Waals surface area contributed by atoms with Crippen LogP contribution in [0.25, 0.3) is 11.1 Å². The van der Waals surface area contributed by atoms with Crippen LogP contribution < -0.4 is 10.6 Å². The average molecular weight is 424 g/mol. The summed E-state index contributed by atoms with van der Waals surface area (Å²) in [4.78, 5) is 13.7. The van der Waals surface area contributed by atoms with Gasteiger partial charge in [0.2, 0.25) is 0 Å². The predicted molar refractivity (Wildman–Crippen MR) is 130 cm³/mol. The Balaban J connectivity index is 1.77. The summed E-state index contributed by atoms with van der Waals surface area (Å²) in [5.41, 5.74) is 2.71. The lowest BCUT2D eigenvalue weighted by atomic mass is 9.97. The van der Waals surface area contributed by atoms with E-state index in [0.29, 0.717) is 16.2 Å². The molecule has 0 radical (unpaired) electrons. The van der Waals surface area contributed by atoms with Crippen molar-refractivity contribution in [3.8, 4) is 11.1 Å². The van der Waals surface area contributed by atoms with Gasteiger partial charge in [-0.2, -0.15) is 0 Å². The Morgan fingerprint density at radius 1 is 0.581 bits per heavy atom. The number of ketones is 1. The molecule has 0 saturated carbocycles. The van der Waals surface area contributed by atoms with Crippen molar-refractivity contribution in [2.75, 3.05) is 0 Å². The summed E-state index contributed by atoms with van der Waals surface area (Å²) in [5.74, 6) is -0.122. The summed E-state index contributed by atoms with van der Waals surface area (Å²) in [7, 11) is -3.27. The standard InChI is InChI=1S/C28H25O2P/c1-28(2,27(29)24-20-18-23(19-21-24)22-12-6-3-7-13-22)31(30,25-14-8-4-9-15-25)26-16-10-5-11-17-26/h3-21H,1-2H3. The van der Waals surface area contributed by atoms with Crippen LogP contribution >= 0.6 is 7.14 Å².